The van der Waals surface area contributed by atoms with Gasteiger partial charge in [0.2, 0.25) is 0 Å². The summed E-state index contributed by atoms with van der Waals surface area (Å²) in [4.78, 5) is 12.2. The summed E-state index contributed by atoms with van der Waals surface area (Å²) in [5, 5.41) is 3.48. The molecule has 3 heterocycles. The van der Waals surface area contributed by atoms with E-state index in [0.717, 1.165) is 57.3 Å². The highest BCUT2D eigenvalue weighted by molar-refractivity contribution is 5.85. The highest BCUT2D eigenvalue weighted by Crippen LogP contribution is 2.39. The van der Waals surface area contributed by atoms with Gasteiger partial charge in [0.05, 0.1) is 18.4 Å². The first kappa shape index (κ1) is 19.7. The fourth-order valence-electron chi connectivity index (χ4n) is 3.38. The summed E-state index contributed by atoms with van der Waals surface area (Å²) >= 11 is 0. The number of nitrogens with zero attached hydrogens (tertiary/aromatic N) is 3. The molecule has 1 aromatic rings. The second-order valence-electron chi connectivity index (χ2n) is 6.53. The first-order chi connectivity index (χ1) is 10.8. The zero-order valence-corrected chi connectivity index (χ0v) is 15.5. The van der Waals surface area contributed by atoms with E-state index in [9.17, 15) is 0 Å². The highest BCUT2D eigenvalue weighted by atomic mass is 35.5. The smallest absolute Gasteiger partial charge is 0.136 e. The molecule has 2 aliphatic heterocycles. The maximum absolute atomic E-state index is 5.80. The lowest BCUT2D eigenvalue weighted by Gasteiger charge is -2.34. The van der Waals surface area contributed by atoms with Crippen LogP contribution in [-0.4, -0.2) is 55.4 Å². The molecule has 3 aliphatic rings. The number of rotatable bonds is 3. The van der Waals surface area contributed by atoms with Crippen LogP contribution in [0.5, 0.6) is 0 Å². The van der Waals surface area contributed by atoms with Gasteiger partial charge >= 0.3 is 0 Å². The van der Waals surface area contributed by atoms with Gasteiger partial charge in [-0.2, -0.15) is 0 Å². The maximum Gasteiger partial charge on any atom is 0.136 e. The van der Waals surface area contributed by atoms with Gasteiger partial charge in [0.15, 0.2) is 0 Å². The molecular weight excluding hydrogens is 349 g/mol. The zero-order valence-electron chi connectivity index (χ0n) is 13.9. The van der Waals surface area contributed by atoms with Crippen molar-refractivity contribution >= 4 is 30.6 Å². The fourth-order valence-corrected chi connectivity index (χ4v) is 3.38. The summed E-state index contributed by atoms with van der Waals surface area (Å²) in [6.07, 6.45) is 4.62. The summed E-state index contributed by atoms with van der Waals surface area (Å²) < 4.78 is 5.72. The van der Waals surface area contributed by atoms with Crippen LogP contribution in [0.4, 0.5) is 5.82 Å². The molecule has 136 valence electrons. The quantitative estimate of drug-likeness (QED) is 0.822. The summed E-state index contributed by atoms with van der Waals surface area (Å²) in [6.45, 7) is 5.08. The van der Waals surface area contributed by atoms with Crippen LogP contribution in [0.1, 0.15) is 35.8 Å². The molecule has 8 heteroatoms. The van der Waals surface area contributed by atoms with Gasteiger partial charge in [0, 0.05) is 44.1 Å². The Hall–Kier alpha value is -0.660. The average molecular weight is 376 g/mol. The Labute approximate surface area is 155 Å². The highest BCUT2D eigenvalue weighted by Gasteiger charge is 2.31. The summed E-state index contributed by atoms with van der Waals surface area (Å²) in [7, 11) is 0. The van der Waals surface area contributed by atoms with Crippen molar-refractivity contribution in [3.05, 3.63) is 17.1 Å². The molecule has 1 saturated heterocycles. The molecule has 1 saturated carbocycles. The molecule has 1 atom stereocenters. The third-order valence-electron chi connectivity index (χ3n) is 4.82. The van der Waals surface area contributed by atoms with Crippen molar-refractivity contribution in [2.75, 3.05) is 44.2 Å². The van der Waals surface area contributed by atoms with E-state index in [1.54, 1.807) is 0 Å². The lowest BCUT2D eigenvalue weighted by molar-refractivity contribution is 0.0462. The Kier molecular flexibility index (Phi) is 7.07. The first-order valence-corrected chi connectivity index (χ1v) is 8.52. The maximum atomic E-state index is 5.80. The van der Waals surface area contributed by atoms with E-state index in [4.69, 9.17) is 20.4 Å². The van der Waals surface area contributed by atoms with E-state index in [-0.39, 0.29) is 30.9 Å². The first-order valence-electron chi connectivity index (χ1n) is 8.52. The Balaban J connectivity index is 0.00000104. The van der Waals surface area contributed by atoms with Crippen LogP contribution in [0.3, 0.4) is 0 Å². The van der Waals surface area contributed by atoms with Crippen LogP contribution in [-0.2, 0) is 17.6 Å². The van der Waals surface area contributed by atoms with E-state index in [2.05, 4.69) is 10.2 Å². The third kappa shape index (κ3) is 4.11. The van der Waals surface area contributed by atoms with Gasteiger partial charge in [-0.1, -0.05) is 0 Å². The molecule has 0 radical (unpaired) electrons. The lowest BCUT2D eigenvalue weighted by atomic mass is 10.1. The average Bonchev–Trinajstić information content (AvgIpc) is 3.40. The normalized spacial score (nSPS) is 23.5. The number of aromatic nitrogens is 2. The largest absolute Gasteiger partial charge is 0.373 e. The second kappa shape index (κ2) is 8.63. The van der Waals surface area contributed by atoms with Crippen LogP contribution in [0.2, 0.25) is 0 Å². The molecule has 3 N–H and O–H groups in total. The molecular formula is C16H27Cl2N5O. The summed E-state index contributed by atoms with van der Waals surface area (Å²) in [5.74, 6) is 2.80. The number of morpholine rings is 1. The molecule has 1 aliphatic carbocycles. The van der Waals surface area contributed by atoms with E-state index < -0.39 is 0 Å². The van der Waals surface area contributed by atoms with Gasteiger partial charge in [-0.15, -0.1) is 24.8 Å². The van der Waals surface area contributed by atoms with Crippen LogP contribution >= 0.6 is 24.8 Å². The number of fused-ring (bicyclic) bond motifs is 1. The molecule has 24 heavy (non-hydrogen) atoms. The molecule has 4 rings (SSSR count). The number of nitrogens with one attached hydrogen (secondary N) is 1. The van der Waals surface area contributed by atoms with Crippen molar-refractivity contribution in [1.29, 1.82) is 0 Å². The fraction of sp³-hybridized carbons (Fsp3) is 0.750. The van der Waals surface area contributed by atoms with Gasteiger partial charge in [-0.05, 0) is 25.8 Å². The van der Waals surface area contributed by atoms with E-state index in [0.29, 0.717) is 12.5 Å². The zero-order chi connectivity index (χ0) is 14.9. The Morgan fingerprint density at radius 1 is 1.17 bits per heavy atom. The van der Waals surface area contributed by atoms with Crippen molar-refractivity contribution < 1.29 is 4.74 Å². The Morgan fingerprint density at radius 2 is 1.96 bits per heavy atom. The van der Waals surface area contributed by atoms with Crippen LogP contribution < -0.4 is 16.0 Å². The Morgan fingerprint density at radius 3 is 2.71 bits per heavy atom. The lowest BCUT2D eigenvalue weighted by Crippen LogP contribution is -2.46. The van der Waals surface area contributed by atoms with E-state index in [1.165, 1.54) is 24.1 Å². The molecule has 2 fully saturated rings. The minimum Gasteiger partial charge on any atom is -0.373 e. The molecule has 1 aromatic heterocycles. The Bertz CT molecular complexity index is 556. The number of hydrogen-bond donors (Lipinski definition) is 2. The second-order valence-corrected chi connectivity index (χ2v) is 6.53. The number of anilines is 1. The number of hydrogen-bond acceptors (Lipinski definition) is 6. The van der Waals surface area contributed by atoms with Crippen LogP contribution in [0.15, 0.2) is 0 Å². The van der Waals surface area contributed by atoms with E-state index >= 15 is 0 Å². The van der Waals surface area contributed by atoms with Crippen LogP contribution in [0, 0.1) is 0 Å². The molecule has 0 aromatic carbocycles. The molecule has 1 unspecified atom stereocenters. The van der Waals surface area contributed by atoms with Gasteiger partial charge in [-0.3, -0.25) is 0 Å². The molecule has 0 spiro atoms. The molecule has 0 bridgehead atoms. The standard InChI is InChI=1S/C16H25N5O.2ClH/c17-9-12-10-21(7-8-22-12)16-13-3-5-18-6-4-14(13)19-15(20-16)11-1-2-11;;/h11-12,18H,1-10,17H2;2*1H. The summed E-state index contributed by atoms with van der Waals surface area (Å²) in [6, 6.07) is 0. The van der Waals surface area contributed by atoms with Gasteiger partial charge in [0.25, 0.3) is 0 Å². The predicted molar refractivity (Wildman–Crippen MR) is 99.8 cm³/mol. The number of halogens is 2. The summed E-state index contributed by atoms with van der Waals surface area (Å²) in [5.41, 5.74) is 8.40. The van der Waals surface area contributed by atoms with Crippen LogP contribution in [0.25, 0.3) is 0 Å². The van der Waals surface area contributed by atoms with Crippen molar-refractivity contribution in [3.63, 3.8) is 0 Å². The number of nitrogens with two attached hydrogens (primary N) is 1. The number of ether oxygens (including phenoxy) is 1. The molecule has 0 amide bonds. The minimum absolute atomic E-state index is 0. The van der Waals surface area contributed by atoms with E-state index in [1.807, 2.05) is 0 Å². The predicted octanol–water partition coefficient (Wildman–Crippen LogP) is 1.05. The van der Waals surface area contributed by atoms with Crippen molar-refractivity contribution in [2.45, 2.75) is 37.7 Å². The van der Waals surface area contributed by atoms with Gasteiger partial charge in [-0.25, -0.2) is 9.97 Å². The topological polar surface area (TPSA) is 76.3 Å². The SMILES string of the molecule is Cl.Cl.NCC1CN(c2nc(C3CC3)nc3c2CCNCC3)CCO1. The van der Waals surface area contributed by atoms with Gasteiger partial charge < -0.3 is 20.7 Å². The van der Waals surface area contributed by atoms with Crippen molar-refractivity contribution in [3.8, 4) is 0 Å². The van der Waals surface area contributed by atoms with Crippen molar-refractivity contribution in [2.24, 2.45) is 5.73 Å². The van der Waals surface area contributed by atoms with Crippen molar-refractivity contribution in [1.82, 2.24) is 15.3 Å². The minimum atomic E-state index is 0. The molecule has 6 nitrogen and oxygen atoms in total. The third-order valence-corrected chi connectivity index (χ3v) is 4.82. The van der Waals surface area contributed by atoms with Gasteiger partial charge in [0.1, 0.15) is 11.6 Å². The monoisotopic (exact) mass is 375 g/mol.